The van der Waals surface area contributed by atoms with Crippen molar-refractivity contribution in [3.8, 4) is 23.5 Å². The molecule has 10 nitrogen and oxygen atoms in total. The average molecular weight is 577 g/mol. The Morgan fingerprint density at radius 1 is 1.07 bits per heavy atom. The Morgan fingerprint density at radius 3 is 2.48 bits per heavy atom. The summed E-state index contributed by atoms with van der Waals surface area (Å²) in [5.41, 5.74) is 4.92. The minimum atomic E-state index is 0.142. The molecule has 0 bridgehead atoms. The number of ether oxygens (including phenoxy) is 3. The van der Waals surface area contributed by atoms with Gasteiger partial charge in [-0.05, 0) is 74.0 Å². The molecule has 3 aromatic rings. The van der Waals surface area contributed by atoms with Gasteiger partial charge in [0.05, 0.1) is 19.9 Å². The zero-order valence-electron chi connectivity index (χ0n) is 25.8. The van der Waals surface area contributed by atoms with Crippen molar-refractivity contribution in [3.05, 3.63) is 53.3 Å². The summed E-state index contributed by atoms with van der Waals surface area (Å²) < 4.78 is 23.4. The van der Waals surface area contributed by atoms with E-state index in [2.05, 4.69) is 76.9 Å². The van der Waals surface area contributed by atoms with E-state index < -0.39 is 0 Å². The van der Waals surface area contributed by atoms with Crippen LogP contribution in [-0.2, 0) is 11.8 Å². The van der Waals surface area contributed by atoms with Gasteiger partial charge in [-0.2, -0.15) is 9.97 Å². The summed E-state index contributed by atoms with van der Waals surface area (Å²) in [4.78, 5) is 13.9. The van der Waals surface area contributed by atoms with E-state index >= 15 is 0 Å². The molecule has 1 fully saturated rings. The second kappa shape index (κ2) is 12.6. The quantitative estimate of drug-likeness (QED) is 0.267. The Labute approximate surface area is 249 Å². The molecule has 0 atom stereocenters. The number of benzene rings is 1. The molecule has 1 aliphatic heterocycles. The van der Waals surface area contributed by atoms with Crippen LogP contribution in [0.5, 0.6) is 23.5 Å². The number of nitrogens with one attached hydrogen (secondary N) is 2. The first kappa shape index (κ1) is 29.7. The Balaban J connectivity index is 1.22. The second-order valence-electron chi connectivity index (χ2n) is 11.8. The lowest BCUT2D eigenvalue weighted by Gasteiger charge is -2.32. The summed E-state index contributed by atoms with van der Waals surface area (Å²) >= 11 is 0. The number of piperazine rings is 1. The highest BCUT2D eigenvalue weighted by molar-refractivity contribution is 5.78. The highest BCUT2D eigenvalue weighted by atomic mass is 16.6. The average Bonchev–Trinajstić information content (AvgIpc) is 3.56. The van der Waals surface area contributed by atoms with E-state index in [-0.39, 0.29) is 5.41 Å². The van der Waals surface area contributed by atoms with Crippen LogP contribution in [0.15, 0.2) is 35.3 Å². The lowest BCUT2D eigenvalue weighted by atomic mass is 9.86. The molecule has 2 aliphatic rings. The molecular formula is C32H44N6O4. The summed E-state index contributed by atoms with van der Waals surface area (Å²) in [7, 11) is 5.29. The molecule has 0 radical (unpaired) electrons. The number of aryl methyl sites for hydroxylation is 2. The third-order valence-electron chi connectivity index (χ3n) is 8.27. The van der Waals surface area contributed by atoms with Crippen molar-refractivity contribution in [2.24, 2.45) is 0 Å². The van der Waals surface area contributed by atoms with E-state index in [1.165, 1.54) is 11.1 Å². The number of likely N-dealkylation sites (N-methyl/N-ethyl adjacent to an activating group) is 1. The number of hydrogen-bond donors (Lipinski definition) is 2. The Hall–Kier alpha value is -3.76. The summed E-state index contributed by atoms with van der Waals surface area (Å²) in [6, 6.07) is 7.99. The maximum Gasteiger partial charge on any atom is 0.290 e. The molecule has 0 saturated carbocycles. The number of furan rings is 1. The monoisotopic (exact) mass is 576 g/mol. The van der Waals surface area contributed by atoms with E-state index in [1.54, 1.807) is 20.3 Å². The number of methoxy groups -OCH3 is 2. The van der Waals surface area contributed by atoms with E-state index in [0.717, 1.165) is 69.8 Å². The third kappa shape index (κ3) is 6.65. The van der Waals surface area contributed by atoms with Gasteiger partial charge in [0.1, 0.15) is 5.75 Å². The van der Waals surface area contributed by atoms with Crippen molar-refractivity contribution in [2.75, 3.05) is 71.2 Å². The number of nitrogens with zero attached hydrogens (tertiary/aromatic N) is 4. The summed E-state index contributed by atoms with van der Waals surface area (Å²) in [5, 5.41) is 6.52. The lowest BCUT2D eigenvalue weighted by molar-refractivity contribution is 0.154. The molecule has 5 rings (SSSR count). The van der Waals surface area contributed by atoms with Gasteiger partial charge in [-0.3, -0.25) is 0 Å². The molecular weight excluding hydrogens is 532 g/mol. The van der Waals surface area contributed by atoms with Crippen LogP contribution in [0.2, 0.25) is 0 Å². The Morgan fingerprint density at radius 2 is 1.79 bits per heavy atom. The number of rotatable bonds is 12. The minimum absolute atomic E-state index is 0.142. The van der Waals surface area contributed by atoms with E-state index in [9.17, 15) is 0 Å². The molecule has 1 aromatic carbocycles. The molecule has 1 saturated heterocycles. The molecule has 2 aromatic heterocycles. The molecule has 226 valence electrons. The SMILES string of the molecule is C=C(Nc1c(OC)nc(NCCCN2CCN(C)CC2)nc1OC)c1ccc(Oc2cc3c(cc2C)CCC3(C)C)o1. The maximum atomic E-state index is 6.18. The Kier molecular flexibility index (Phi) is 8.93. The summed E-state index contributed by atoms with van der Waals surface area (Å²) in [6.07, 6.45) is 3.23. The molecule has 42 heavy (non-hydrogen) atoms. The van der Waals surface area contributed by atoms with E-state index in [1.807, 2.05) is 6.07 Å². The van der Waals surface area contributed by atoms with Crippen molar-refractivity contribution in [3.63, 3.8) is 0 Å². The fourth-order valence-corrected chi connectivity index (χ4v) is 5.61. The number of aromatic nitrogens is 2. The van der Waals surface area contributed by atoms with Gasteiger partial charge in [0.15, 0.2) is 11.4 Å². The van der Waals surface area contributed by atoms with Crippen LogP contribution in [0, 0.1) is 6.92 Å². The topological polar surface area (TPSA) is 97.2 Å². The van der Waals surface area contributed by atoms with Gasteiger partial charge in [0, 0.05) is 38.8 Å². The highest BCUT2D eigenvalue weighted by Crippen LogP contribution is 2.42. The maximum absolute atomic E-state index is 6.18. The fourth-order valence-electron chi connectivity index (χ4n) is 5.61. The lowest BCUT2D eigenvalue weighted by Crippen LogP contribution is -2.44. The van der Waals surface area contributed by atoms with Gasteiger partial charge >= 0.3 is 0 Å². The van der Waals surface area contributed by atoms with E-state index in [0.29, 0.717) is 40.8 Å². The van der Waals surface area contributed by atoms with Gasteiger partial charge in [-0.15, -0.1) is 0 Å². The third-order valence-corrected chi connectivity index (χ3v) is 8.27. The van der Waals surface area contributed by atoms with Crippen LogP contribution in [0.25, 0.3) is 5.70 Å². The molecule has 0 unspecified atom stereocenters. The summed E-state index contributed by atoms with van der Waals surface area (Å²) in [6.45, 7) is 17.0. The van der Waals surface area contributed by atoms with Gasteiger partial charge in [-0.25, -0.2) is 0 Å². The van der Waals surface area contributed by atoms with E-state index in [4.69, 9.17) is 18.6 Å². The zero-order valence-corrected chi connectivity index (χ0v) is 25.8. The van der Waals surface area contributed by atoms with Crippen LogP contribution < -0.4 is 24.8 Å². The van der Waals surface area contributed by atoms with Crippen LogP contribution >= 0.6 is 0 Å². The van der Waals surface area contributed by atoms with Crippen molar-refractivity contribution in [2.45, 2.75) is 45.4 Å². The van der Waals surface area contributed by atoms with Gasteiger partial charge in [0.25, 0.3) is 5.95 Å². The predicted molar refractivity (Wildman–Crippen MR) is 166 cm³/mol. The predicted octanol–water partition coefficient (Wildman–Crippen LogP) is 5.54. The molecule has 1 aliphatic carbocycles. The largest absolute Gasteiger partial charge is 0.479 e. The first-order valence-electron chi connectivity index (χ1n) is 14.7. The standard InChI is InChI=1S/C32H44N6O4/c1-21-19-23-11-12-32(3,4)24(23)20-26(21)42-27-10-9-25(41-27)22(2)34-28-29(39-6)35-31(36-30(28)40-7)33-13-8-14-38-17-15-37(5)16-18-38/h9-10,19-20,34H,2,8,11-18H2,1,3-7H3,(H,33,35,36). The van der Waals surface area contributed by atoms with Gasteiger partial charge in [0.2, 0.25) is 17.7 Å². The van der Waals surface area contributed by atoms with Crippen LogP contribution in [0.3, 0.4) is 0 Å². The minimum Gasteiger partial charge on any atom is -0.479 e. The number of hydrogen-bond acceptors (Lipinski definition) is 10. The smallest absolute Gasteiger partial charge is 0.290 e. The fraction of sp³-hybridized carbons (Fsp3) is 0.500. The van der Waals surface area contributed by atoms with Gasteiger partial charge in [-0.1, -0.05) is 26.5 Å². The first-order valence-corrected chi connectivity index (χ1v) is 14.7. The summed E-state index contributed by atoms with van der Waals surface area (Å²) in [5.74, 6) is 2.82. The van der Waals surface area contributed by atoms with Gasteiger partial charge < -0.3 is 39.1 Å². The normalized spacial score (nSPS) is 16.6. The first-order chi connectivity index (χ1) is 20.2. The van der Waals surface area contributed by atoms with Crippen LogP contribution in [-0.4, -0.2) is 80.3 Å². The van der Waals surface area contributed by atoms with Crippen LogP contribution in [0.4, 0.5) is 11.6 Å². The molecule has 10 heteroatoms. The highest BCUT2D eigenvalue weighted by Gasteiger charge is 2.31. The van der Waals surface area contributed by atoms with Crippen molar-refractivity contribution in [1.29, 1.82) is 0 Å². The molecule has 3 heterocycles. The second-order valence-corrected chi connectivity index (χ2v) is 11.8. The van der Waals surface area contributed by atoms with Crippen LogP contribution in [0.1, 0.15) is 49.1 Å². The van der Waals surface area contributed by atoms with Crippen molar-refractivity contribution < 1.29 is 18.6 Å². The number of fused-ring (bicyclic) bond motifs is 1. The zero-order chi connectivity index (χ0) is 29.9. The molecule has 2 N–H and O–H groups in total. The van der Waals surface area contributed by atoms with Crippen molar-refractivity contribution in [1.82, 2.24) is 19.8 Å². The molecule has 0 spiro atoms. The Bertz CT molecular complexity index is 1380. The number of anilines is 2. The molecule has 0 amide bonds. The van der Waals surface area contributed by atoms with Crippen molar-refractivity contribution >= 4 is 17.3 Å².